The lowest BCUT2D eigenvalue weighted by Gasteiger charge is -2.07. The van der Waals surface area contributed by atoms with E-state index in [9.17, 15) is 0 Å². The quantitative estimate of drug-likeness (QED) is 0.916. The van der Waals surface area contributed by atoms with Gasteiger partial charge in [-0.3, -0.25) is 4.68 Å². The summed E-state index contributed by atoms with van der Waals surface area (Å²) in [6.45, 7) is 6.10. The summed E-state index contributed by atoms with van der Waals surface area (Å²) >= 11 is 3.07. The normalized spacial score (nSPS) is 12.9. The molecule has 2 rings (SSSR count). The Morgan fingerprint density at radius 2 is 2.21 bits per heavy atom. The zero-order chi connectivity index (χ0) is 14.0. The summed E-state index contributed by atoms with van der Waals surface area (Å²) in [4.78, 5) is 4.49. The molecule has 0 aliphatic carbocycles. The molecule has 0 aromatic carbocycles. The smallest absolute Gasteiger partial charge is 0.176 e. The Morgan fingerprint density at radius 3 is 2.79 bits per heavy atom. The van der Waals surface area contributed by atoms with Crippen molar-refractivity contribution in [3.63, 3.8) is 0 Å². The van der Waals surface area contributed by atoms with E-state index < -0.39 is 0 Å². The third-order valence-corrected chi connectivity index (χ3v) is 4.76. The predicted molar refractivity (Wildman–Crippen MR) is 78.7 cm³/mol. The number of nitrogens with zero attached hydrogens (tertiary/aromatic N) is 4. The number of hydrogen-bond acceptors (Lipinski definition) is 6. The van der Waals surface area contributed by atoms with E-state index in [4.69, 9.17) is 5.73 Å². The zero-order valence-corrected chi connectivity index (χ0v) is 13.3. The Hall–Kier alpha value is -0.920. The lowest BCUT2D eigenvalue weighted by molar-refractivity contribution is 0.677. The van der Waals surface area contributed by atoms with Crippen LogP contribution in [-0.2, 0) is 19.9 Å². The molecule has 104 valence electrons. The van der Waals surface area contributed by atoms with Crippen LogP contribution in [0.2, 0.25) is 0 Å². The van der Waals surface area contributed by atoms with E-state index in [1.54, 1.807) is 11.8 Å². The van der Waals surface area contributed by atoms with Crippen molar-refractivity contribution in [2.75, 3.05) is 0 Å². The highest BCUT2D eigenvalue weighted by Gasteiger charge is 2.17. The molecule has 0 radical (unpaired) electrons. The van der Waals surface area contributed by atoms with E-state index in [0.29, 0.717) is 0 Å². The number of aromatic nitrogens is 4. The van der Waals surface area contributed by atoms with Crippen molar-refractivity contribution in [1.29, 1.82) is 0 Å². The van der Waals surface area contributed by atoms with Crippen molar-refractivity contribution < 1.29 is 0 Å². The average Bonchev–Trinajstić information content (AvgIpc) is 2.89. The third-order valence-electron chi connectivity index (χ3n) is 2.76. The molecule has 19 heavy (non-hydrogen) atoms. The molecule has 0 saturated carbocycles. The van der Waals surface area contributed by atoms with Crippen LogP contribution in [0.15, 0.2) is 9.37 Å². The Kier molecular flexibility index (Phi) is 4.59. The van der Waals surface area contributed by atoms with Gasteiger partial charge < -0.3 is 5.73 Å². The summed E-state index contributed by atoms with van der Waals surface area (Å²) in [6, 6.07) is 0.128. The summed E-state index contributed by atoms with van der Waals surface area (Å²) in [6.07, 6.45) is 1.70. The Morgan fingerprint density at radius 1 is 1.47 bits per heavy atom. The van der Waals surface area contributed by atoms with Gasteiger partial charge in [0.25, 0.3) is 0 Å². The van der Waals surface area contributed by atoms with Crippen molar-refractivity contribution in [2.24, 2.45) is 12.8 Å². The second-order valence-corrected chi connectivity index (χ2v) is 6.59. The van der Waals surface area contributed by atoms with Crippen LogP contribution in [0.1, 0.15) is 30.9 Å². The average molecular weight is 297 g/mol. The topological polar surface area (TPSA) is 69.6 Å². The molecular weight excluding hydrogens is 278 g/mol. The Bertz CT molecular complexity index is 558. The first kappa shape index (κ1) is 14.5. The number of aryl methyl sites for hydroxylation is 3. The molecule has 1 unspecified atom stereocenters. The van der Waals surface area contributed by atoms with Gasteiger partial charge in [-0.15, -0.1) is 0 Å². The second kappa shape index (κ2) is 6.02. The van der Waals surface area contributed by atoms with E-state index >= 15 is 0 Å². The highest BCUT2D eigenvalue weighted by atomic mass is 32.2. The SMILES string of the molecule is CCc1nsc(Sc2c(CC(C)N)c(C)nn2C)n1. The number of nitrogens with two attached hydrogens (primary N) is 1. The van der Waals surface area contributed by atoms with E-state index in [1.807, 2.05) is 25.6 Å². The molecule has 1 atom stereocenters. The van der Waals surface area contributed by atoms with Crippen LogP contribution in [-0.4, -0.2) is 25.2 Å². The summed E-state index contributed by atoms with van der Waals surface area (Å²) in [5.41, 5.74) is 8.18. The molecule has 0 bridgehead atoms. The third kappa shape index (κ3) is 3.34. The van der Waals surface area contributed by atoms with Gasteiger partial charge in [-0.1, -0.05) is 6.92 Å². The van der Waals surface area contributed by atoms with Gasteiger partial charge in [-0.2, -0.15) is 9.47 Å². The minimum absolute atomic E-state index is 0.128. The maximum Gasteiger partial charge on any atom is 0.176 e. The molecule has 2 N–H and O–H groups in total. The largest absolute Gasteiger partial charge is 0.328 e. The van der Waals surface area contributed by atoms with Crippen LogP contribution in [0.4, 0.5) is 0 Å². The highest BCUT2D eigenvalue weighted by molar-refractivity contribution is 8.00. The molecule has 0 saturated heterocycles. The molecule has 2 aromatic heterocycles. The van der Waals surface area contributed by atoms with Gasteiger partial charge in [0.1, 0.15) is 10.9 Å². The minimum Gasteiger partial charge on any atom is -0.328 e. The molecule has 7 heteroatoms. The van der Waals surface area contributed by atoms with Crippen LogP contribution in [0, 0.1) is 6.92 Å². The van der Waals surface area contributed by atoms with Crippen molar-refractivity contribution in [3.8, 4) is 0 Å². The predicted octanol–water partition coefficient (Wildman–Crippen LogP) is 2.18. The first-order valence-corrected chi connectivity index (χ1v) is 7.88. The fourth-order valence-corrected chi connectivity index (χ4v) is 3.71. The Balaban J connectivity index is 2.28. The summed E-state index contributed by atoms with van der Waals surface area (Å²) < 4.78 is 7.18. The molecule has 5 nitrogen and oxygen atoms in total. The molecule has 0 aliphatic heterocycles. The van der Waals surface area contributed by atoms with Crippen molar-refractivity contribution >= 4 is 23.3 Å². The van der Waals surface area contributed by atoms with Crippen LogP contribution in [0.3, 0.4) is 0 Å². The standard InChI is InChI=1S/C12H19N5S2/c1-5-10-14-12(19-16-10)18-11-9(6-7(2)13)8(3)15-17(11)4/h7H,5-6,13H2,1-4H3. The summed E-state index contributed by atoms with van der Waals surface area (Å²) in [5, 5.41) is 5.60. The maximum atomic E-state index is 5.92. The van der Waals surface area contributed by atoms with Crippen molar-refractivity contribution in [2.45, 2.75) is 49.0 Å². The fourth-order valence-electron chi connectivity index (χ4n) is 1.87. The maximum absolute atomic E-state index is 5.92. The molecule has 0 amide bonds. The van der Waals surface area contributed by atoms with Gasteiger partial charge in [0.2, 0.25) is 0 Å². The van der Waals surface area contributed by atoms with E-state index in [-0.39, 0.29) is 6.04 Å². The molecule has 0 spiro atoms. The van der Waals surface area contributed by atoms with E-state index in [1.165, 1.54) is 17.1 Å². The molecule has 0 aliphatic rings. The van der Waals surface area contributed by atoms with Crippen molar-refractivity contribution in [1.82, 2.24) is 19.1 Å². The summed E-state index contributed by atoms with van der Waals surface area (Å²) in [7, 11) is 1.96. The van der Waals surface area contributed by atoms with Crippen LogP contribution in [0.5, 0.6) is 0 Å². The highest BCUT2D eigenvalue weighted by Crippen LogP contribution is 2.33. The lowest BCUT2D eigenvalue weighted by Crippen LogP contribution is -2.18. The van der Waals surface area contributed by atoms with Crippen molar-refractivity contribution in [3.05, 3.63) is 17.1 Å². The lowest BCUT2D eigenvalue weighted by atomic mass is 10.1. The minimum atomic E-state index is 0.128. The summed E-state index contributed by atoms with van der Waals surface area (Å²) in [5.74, 6) is 0.903. The molecular formula is C12H19N5S2. The first-order chi connectivity index (χ1) is 9.01. The van der Waals surface area contributed by atoms with Gasteiger partial charge in [0.05, 0.1) is 5.69 Å². The first-order valence-electron chi connectivity index (χ1n) is 6.29. The van der Waals surface area contributed by atoms with E-state index in [0.717, 1.165) is 33.7 Å². The van der Waals surface area contributed by atoms with Gasteiger partial charge >= 0.3 is 0 Å². The van der Waals surface area contributed by atoms with Gasteiger partial charge in [0.15, 0.2) is 4.34 Å². The second-order valence-electron chi connectivity index (χ2n) is 4.61. The van der Waals surface area contributed by atoms with Crippen LogP contribution in [0.25, 0.3) is 0 Å². The molecule has 0 fully saturated rings. The monoisotopic (exact) mass is 297 g/mol. The van der Waals surface area contributed by atoms with Gasteiger partial charge in [-0.05, 0) is 43.6 Å². The Labute approximate surface area is 121 Å². The van der Waals surface area contributed by atoms with E-state index in [2.05, 4.69) is 21.4 Å². The number of hydrogen-bond donors (Lipinski definition) is 1. The van der Waals surface area contributed by atoms with Gasteiger partial charge in [0, 0.05) is 25.1 Å². The number of rotatable bonds is 5. The molecule has 2 aromatic rings. The van der Waals surface area contributed by atoms with Crippen LogP contribution >= 0.6 is 23.3 Å². The zero-order valence-electron chi connectivity index (χ0n) is 11.7. The fraction of sp³-hybridized carbons (Fsp3) is 0.583. The molecule has 2 heterocycles. The van der Waals surface area contributed by atoms with Gasteiger partial charge in [-0.25, -0.2) is 4.98 Å². The van der Waals surface area contributed by atoms with Crippen LogP contribution < -0.4 is 5.73 Å².